The first-order valence-corrected chi connectivity index (χ1v) is 8.06. The molecule has 6 heteroatoms. The third kappa shape index (κ3) is 6.40. The van der Waals surface area contributed by atoms with Crippen LogP contribution >= 0.6 is 0 Å². The van der Waals surface area contributed by atoms with Crippen molar-refractivity contribution in [1.82, 2.24) is 0 Å². The molecule has 1 aromatic carbocycles. The molecule has 0 unspecified atom stereocenters. The lowest BCUT2D eigenvalue weighted by Gasteiger charge is -2.20. The van der Waals surface area contributed by atoms with Gasteiger partial charge in [0.1, 0.15) is 0 Å². The Hall–Kier alpha value is -2.37. The molecule has 24 heavy (non-hydrogen) atoms. The number of amides is 1. The van der Waals surface area contributed by atoms with Gasteiger partial charge in [0.15, 0.2) is 0 Å². The van der Waals surface area contributed by atoms with E-state index in [2.05, 4.69) is 5.32 Å². The van der Waals surface area contributed by atoms with Crippen LogP contribution in [0.3, 0.4) is 0 Å². The van der Waals surface area contributed by atoms with Crippen molar-refractivity contribution in [3.63, 3.8) is 0 Å². The van der Waals surface area contributed by atoms with Crippen molar-refractivity contribution < 1.29 is 24.6 Å². The summed E-state index contributed by atoms with van der Waals surface area (Å²) in [5.74, 6) is -2.59. The summed E-state index contributed by atoms with van der Waals surface area (Å²) in [5.41, 5.74) is 0.632. The molecule has 1 amide bonds. The van der Waals surface area contributed by atoms with Crippen molar-refractivity contribution in [2.45, 2.75) is 40.0 Å². The first-order chi connectivity index (χ1) is 11.2. The first-order valence-electron chi connectivity index (χ1n) is 8.06. The molecule has 0 heterocycles. The number of hydrogen-bond acceptors (Lipinski definition) is 3. The average molecular weight is 335 g/mol. The summed E-state index contributed by atoms with van der Waals surface area (Å²) in [4.78, 5) is 34.3. The van der Waals surface area contributed by atoms with E-state index in [0.717, 1.165) is 6.42 Å². The lowest BCUT2D eigenvalue weighted by atomic mass is 9.85. The summed E-state index contributed by atoms with van der Waals surface area (Å²) in [6.45, 7) is 5.85. The molecule has 1 rings (SSSR count). The zero-order valence-corrected chi connectivity index (χ0v) is 14.3. The topological polar surface area (TPSA) is 104 Å². The molecule has 0 aliphatic carbocycles. The van der Waals surface area contributed by atoms with Crippen molar-refractivity contribution in [3.05, 3.63) is 29.8 Å². The second kappa shape index (κ2) is 9.05. The largest absolute Gasteiger partial charge is 0.481 e. The SMILES string of the molecule is CC(C)CC[C@H](C(=O)O)[C@@H](C)CC(=O)Nc1ccc(C(=O)O)cc1. The predicted molar refractivity (Wildman–Crippen MR) is 91.0 cm³/mol. The monoisotopic (exact) mass is 335 g/mol. The fourth-order valence-electron chi connectivity index (χ4n) is 2.51. The molecule has 0 aliphatic heterocycles. The molecule has 0 saturated heterocycles. The third-order valence-corrected chi connectivity index (χ3v) is 3.98. The van der Waals surface area contributed by atoms with Crippen molar-refractivity contribution in [1.29, 1.82) is 0 Å². The number of benzene rings is 1. The van der Waals surface area contributed by atoms with Crippen LogP contribution in [-0.2, 0) is 9.59 Å². The summed E-state index contributed by atoms with van der Waals surface area (Å²) in [6.07, 6.45) is 1.46. The van der Waals surface area contributed by atoms with Crippen molar-refractivity contribution in [3.8, 4) is 0 Å². The Bertz CT molecular complexity index is 580. The minimum absolute atomic E-state index is 0.107. The van der Waals surface area contributed by atoms with Gasteiger partial charge < -0.3 is 15.5 Å². The molecule has 6 nitrogen and oxygen atoms in total. The summed E-state index contributed by atoms with van der Waals surface area (Å²) in [6, 6.07) is 5.84. The zero-order chi connectivity index (χ0) is 18.3. The lowest BCUT2D eigenvalue weighted by molar-refractivity contribution is -0.144. The van der Waals surface area contributed by atoms with Gasteiger partial charge >= 0.3 is 11.9 Å². The van der Waals surface area contributed by atoms with Crippen molar-refractivity contribution in [2.24, 2.45) is 17.8 Å². The number of carboxylic acid groups (broad SMARTS) is 2. The number of hydrogen-bond donors (Lipinski definition) is 3. The predicted octanol–water partition coefficient (Wildman–Crippen LogP) is 3.49. The summed E-state index contributed by atoms with van der Waals surface area (Å²) < 4.78 is 0. The number of rotatable bonds is 9. The lowest BCUT2D eigenvalue weighted by Crippen LogP contribution is -2.26. The highest BCUT2D eigenvalue weighted by Gasteiger charge is 2.26. The van der Waals surface area contributed by atoms with Gasteiger partial charge in [-0.15, -0.1) is 0 Å². The number of aliphatic carboxylic acids is 1. The van der Waals surface area contributed by atoms with E-state index in [1.807, 2.05) is 13.8 Å². The molecule has 0 fully saturated rings. The van der Waals surface area contributed by atoms with Crippen LogP contribution in [0.5, 0.6) is 0 Å². The Labute approximate surface area is 141 Å². The second-order valence-electron chi connectivity index (χ2n) is 6.53. The highest BCUT2D eigenvalue weighted by atomic mass is 16.4. The number of aromatic carboxylic acids is 1. The van der Waals surface area contributed by atoms with E-state index < -0.39 is 17.9 Å². The van der Waals surface area contributed by atoms with Crippen LogP contribution in [0.25, 0.3) is 0 Å². The van der Waals surface area contributed by atoms with E-state index in [4.69, 9.17) is 5.11 Å². The van der Waals surface area contributed by atoms with E-state index >= 15 is 0 Å². The molecule has 0 radical (unpaired) electrons. The maximum atomic E-state index is 12.1. The fraction of sp³-hybridized carbons (Fsp3) is 0.500. The van der Waals surface area contributed by atoms with E-state index in [1.54, 1.807) is 6.92 Å². The number of anilines is 1. The van der Waals surface area contributed by atoms with Crippen LogP contribution < -0.4 is 5.32 Å². The van der Waals surface area contributed by atoms with Gasteiger partial charge in [-0.3, -0.25) is 9.59 Å². The van der Waals surface area contributed by atoms with Crippen LogP contribution in [0.2, 0.25) is 0 Å². The maximum Gasteiger partial charge on any atom is 0.335 e. The first kappa shape index (κ1) is 19.7. The van der Waals surface area contributed by atoms with E-state index in [-0.39, 0.29) is 23.8 Å². The molecule has 3 N–H and O–H groups in total. The zero-order valence-electron chi connectivity index (χ0n) is 14.3. The van der Waals surface area contributed by atoms with Gasteiger partial charge in [-0.1, -0.05) is 27.2 Å². The number of carbonyl (C=O) groups excluding carboxylic acids is 1. The van der Waals surface area contributed by atoms with Gasteiger partial charge in [0.2, 0.25) is 5.91 Å². The Morgan fingerprint density at radius 1 is 1.00 bits per heavy atom. The summed E-state index contributed by atoms with van der Waals surface area (Å²) in [7, 11) is 0. The van der Waals surface area contributed by atoms with Gasteiger partial charge in [-0.05, 0) is 42.5 Å². The number of nitrogens with one attached hydrogen (secondary N) is 1. The summed E-state index contributed by atoms with van der Waals surface area (Å²) >= 11 is 0. The van der Waals surface area contributed by atoms with Crippen LogP contribution in [0.15, 0.2) is 24.3 Å². The fourth-order valence-corrected chi connectivity index (χ4v) is 2.51. The standard InChI is InChI=1S/C18H25NO5/c1-11(2)4-9-15(18(23)24)12(3)10-16(20)19-14-7-5-13(6-8-14)17(21)22/h5-8,11-12,15H,4,9-10H2,1-3H3,(H,19,20)(H,21,22)(H,23,24)/t12-,15-/m0/s1. The Morgan fingerprint density at radius 2 is 1.58 bits per heavy atom. The number of carboxylic acids is 2. The minimum Gasteiger partial charge on any atom is -0.481 e. The maximum absolute atomic E-state index is 12.1. The second-order valence-corrected chi connectivity index (χ2v) is 6.53. The highest BCUT2D eigenvalue weighted by Crippen LogP contribution is 2.24. The smallest absolute Gasteiger partial charge is 0.335 e. The minimum atomic E-state index is -1.03. The normalized spacial score (nSPS) is 13.3. The molecule has 0 aliphatic rings. The molecule has 132 valence electrons. The van der Waals surface area contributed by atoms with Crippen molar-refractivity contribution in [2.75, 3.05) is 5.32 Å². The van der Waals surface area contributed by atoms with Gasteiger partial charge in [0.25, 0.3) is 0 Å². The molecule has 0 aromatic heterocycles. The van der Waals surface area contributed by atoms with Crippen LogP contribution in [0, 0.1) is 17.8 Å². The van der Waals surface area contributed by atoms with Crippen LogP contribution in [0.4, 0.5) is 5.69 Å². The molecule has 0 saturated carbocycles. The third-order valence-electron chi connectivity index (χ3n) is 3.98. The Morgan fingerprint density at radius 3 is 2.04 bits per heavy atom. The molecule has 2 atom stereocenters. The van der Waals surface area contributed by atoms with Gasteiger partial charge in [0.05, 0.1) is 11.5 Å². The van der Waals surface area contributed by atoms with E-state index in [1.165, 1.54) is 24.3 Å². The number of carbonyl (C=O) groups is 3. The average Bonchev–Trinajstić information content (AvgIpc) is 2.46. The van der Waals surface area contributed by atoms with E-state index in [0.29, 0.717) is 18.0 Å². The molecule has 0 bridgehead atoms. The Kier molecular flexibility index (Phi) is 7.42. The molecular formula is C18H25NO5. The van der Waals surface area contributed by atoms with Crippen LogP contribution in [-0.4, -0.2) is 28.1 Å². The summed E-state index contributed by atoms with van der Waals surface area (Å²) in [5, 5.41) is 20.9. The molecular weight excluding hydrogens is 310 g/mol. The molecule has 1 aromatic rings. The van der Waals surface area contributed by atoms with Gasteiger partial charge in [0, 0.05) is 12.1 Å². The highest BCUT2D eigenvalue weighted by molar-refractivity contribution is 5.92. The van der Waals surface area contributed by atoms with Gasteiger partial charge in [-0.25, -0.2) is 4.79 Å². The van der Waals surface area contributed by atoms with Crippen molar-refractivity contribution >= 4 is 23.5 Å². The van der Waals surface area contributed by atoms with Gasteiger partial charge in [-0.2, -0.15) is 0 Å². The van der Waals surface area contributed by atoms with Crippen LogP contribution in [0.1, 0.15) is 50.4 Å². The quantitative estimate of drug-likeness (QED) is 0.641. The Balaban J connectivity index is 2.61. The van der Waals surface area contributed by atoms with E-state index in [9.17, 15) is 19.5 Å². The molecule has 0 spiro atoms.